The van der Waals surface area contributed by atoms with E-state index >= 15 is 0 Å². The summed E-state index contributed by atoms with van der Waals surface area (Å²) >= 11 is 5.35. The molecule has 98 valence electrons. The zero-order valence-electron chi connectivity index (χ0n) is 8.21. The van der Waals surface area contributed by atoms with Crippen LogP contribution >= 0.6 is 24.0 Å². The predicted molar refractivity (Wildman–Crippen MR) is 57.6 cm³/mol. The van der Waals surface area contributed by atoms with Gasteiger partial charge in [0.05, 0.1) is 11.1 Å². The topological polar surface area (TPSA) is 46.2 Å². The summed E-state index contributed by atoms with van der Waals surface area (Å²) < 4.78 is 49.3. The molecule has 0 aliphatic carbocycles. The SMILES string of the molecule is Cl.N[C@@H](c1ccc(Cl)c(F)c1)[C@H](O)C(F)(F)F. The molecule has 0 aliphatic rings. The molecular formula is C9H9Cl2F4NO. The fraction of sp³-hybridized carbons (Fsp3) is 0.333. The van der Waals surface area contributed by atoms with Crippen LogP contribution in [-0.4, -0.2) is 17.4 Å². The van der Waals surface area contributed by atoms with E-state index in [4.69, 9.17) is 22.4 Å². The summed E-state index contributed by atoms with van der Waals surface area (Å²) in [5.41, 5.74) is 4.99. The molecule has 0 saturated carbocycles. The van der Waals surface area contributed by atoms with Gasteiger partial charge in [0.15, 0.2) is 6.10 Å². The highest BCUT2D eigenvalue weighted by molar-refractivity contribution is 6.30. The third-order valence-corrected chi connectivity index (χ3v) is 2.31. The standard InChI is InChI=1S/C9H8ClF4NO.ClH/c10-5-2-1-4(3-6(5)11)7(15)8(16)9(12,13)14;/h1-3,7-8,16H,15H2;1H/t7-,8-;/m0./s1. The van der Waals surface area contributed by atoms with Gasteiger partial charge in [0.25, 0.3) is 0 Å². The van der Waals surface area contributed by atoms with Crippen LogP contribution in [0.25, 0.3) is 0 Å². The van der Waals surface area contributed by atoms with Crippen LogP contribution in [0, 0.1) is 5.82 Å². The lowest BCUT2D eigenvalue weighted by Crippen LogP contribution is -2.38. The molecule has 17 heavy (non-hydrogen) atoms. The second-order valence-electron chi connectivity index (χ2n) is 3.19. The molecule has 1 rings (SSSR count). The first-order chi connectivity index (χ1) is 7.23. The molecule has 0 heterocycles. The average molecular weight is 294 g/mol. The Morgan fingerprint density at radius 2 is 1.82 bits per heavy atom. The monoisotopic (exact) mass is 293 g/mol. The molecule has 0 aliphatic heterocycles. The van der Waals surface area contributed by atoms with Crippen molar-refractivity contribution < 1.29 is 22.7 Å². The smallest absolute Gasteiger partial charge is 0.382 e. The Hall–Kier alpha value is -0.560. The summed E-state index contributed by atoms with van der Waals surface area (Å²) in [6, 6.07) is 1.23. The predicted octanol–water partition coefficient (Wildman–Crippen LogP) is 2.82. The summed E-state index contributed by atoms with van der Waals surface area (Å²) in [6.07, 6.45) is -7.59. The molecule has 2 atom stereocenters. The zero-order chi connectivity index (χ0) is 12.5. The van der Waals surface area contributed by atoms with Gasteiger partial charge in [-0.1, -0.05) is 17.7 Å². The van der Waals surface area contributed by atoms with Crippen molar-refractivity contribution in [2.45, 2.75) is 18.3 Å². The van der Waals surface area contributed by atoms with E-state index < -0.39 is 24.1 Å². The normalized spacial score (nSPS) is 15.0. The molecule has 0 bridgehead atoms. The first-order valence-electron chi connectivity index (χ1n) is 4.19. The van der Waals surface area contributed by atoms with Crippen LogP contribution in [0.3, 0.4) is 0 Å². The Kier molecular flexibility index (Phi) is 5.67. The summed E-state index contributed by atoms with van der Waals surface area (Å²) in [7, 11) is 0. The van der Waals surface area contributed by atoms with Crippen LogP contribution in [0.2, 0.25) is 5.02 Å². The van der Waals surface area contributed by atoms with Gasteiger partial charge < -0.3 is 10.8 Å². The van der Waals surface area contributed by atoms with Gasteiger partial charge in [-0.25, -0.2) is 4.39 Å². The number of halogens is 6. The maximum Gasteiger partial charge on any atom is 0.416 e. The molecule has 0 fully saturated rings. The first-order valence-corrected chi connectivity index (χ1v) is 4.56. The van der Waals surface area contributed by atoms with Crippen LogP contribution in [0.4, 0.5) is 17.6 Å². The molecule has 0 amide bonds. The summed E-state index contributed by atoms with van der Waals surface area (Å²) in [5.74, 6) is -0.885. The third kappa shape index (κ3) is 3.99. The van der Waals surface area contributed by atoms with Gasteiger partial charge >= 0.3 is 6.18 Å². The van der Waals surface area contributed by atoms with Crippen LogP contribution in [-0.2, 0) is 0 Å². The van der Waals surface area contributed by atoms with Crippen molar-refractivity contribution in [3.8, 4) is 0 Å². The highest BCUT2D eigenvalue weighted by Gasteiger charge is 2.42. The van der Waals surface area contributed by atoms with Crippen LogP contribution in [0.5, 0.6) is 0 Å². The molecule has 0 saturated heterocycles. The van der Waals surface area contributed by atoms with Crippen molar-refractivity contribution in [1.29, 1.82) is 0 Å². The maximum atomic E-state index is 12.9. The molecular weight excluding hydrogens is 285 g/mol. The van der Waals surface area contributed by atoms with E-state index in [2.05, 4.69) is 0 Å². The summed E-state index contributed by atoms with van der Waals surface area (Å²) in [4.78, 5) is 0. The van der Waals surface area contributed by atoms with Crippen molar-refractivity contribution in [3.63, 3.8) is 0 Å². The van der Waals surface area contributed by atoms with Crippen molar-refractivity contribution in [1.82, 2.24) is 0 Å². The van der Waals surface area contributed by atoms with Crippen molar-refractivity contribution in [3.05, 3.63) is 34.6 Å². The Morgan fingerprint density at radius 3 is 2.24 bits per heavy atom. The number of hydrogen-bond acceptors (Lipinski definition) is 2. The number of hydrogen-bond donors (Lipinski definition) is 2. The van der Waals surface area contributed by atoms with Crippen LogP contribution in [0.15, 0.2) is 18.2 Å². The quantitative estimate of drug-likeness (QED) is 0.824. The molecule has 1 aromatic carbocycles. The fourth-order valence-corrected chi connectivity index (χ4v) is 1.22. The third-order valence-electron chi connectivity index (χ3n) is 2.00. The van der Waals surface area contributed by atoms with E-state index in [0.717, 1.165) is 18.2 Å². The second-order valence-corrected chi connectivity index (χ2v) is 3.59. The van der Waals surface area contributed by atoms with Gasteiger partial charge in [-0.3, -0.25) is 0 Å². The molecule has 2 nitrogen and oxygen atoms in total. The Morgan fingerprint density at radius 1 is 1.29 bits per heavy atom. The average Bonchev–Trinajstić information content (AvgIpc) is 2.18. The molecule has 0 spiro atoms. The van der Waals surface area contributed by atoms with E-state index in [0.29, 0.717) is 0 Å². The van der Waals surface area contributed by atoms with Crippen molar-refractivity contribution >= 4 is 24.0 Å². The fourth-order valence-electron chi connectivity index (χ4n) is 1.11. The van der Waals surface area contributed by atoms with Gasteiger partial charge in [-0.15, -0.1) is 12.4 Å². The van der Waals surface area contributed by atoms with Crippen molar-refractivity contribution in [2.24, 2.45) is 5.73 Å². The van der Waals surface area contributed by atoms with Gasteiger partial charge in [0, 0.05) is 0 Å². The minimum absolute atomic E-state index is 0. The highest BCUT2D eigenvalue weighted by atomic mass is 35.5. The second kappa shape index (κ2) is 5.86. The lowest BCUT2D eigenvalue weighted by atomic mass is 10.0. The molecule has 1 aromatic rings. The number of nitrogens with two attached hydrogens (primary N) is 1. The summed E-state index contributed by atoms with van der Waals surface area (Å²) in [6.45, 7) is 0. The molecule has 8 heteroatoms. The van der Waals surface area contributed by atoms with E-state index in [1.54, 1.807) is 0 Å². The largest absolute Gasteiger partial charge is 0.416 e. The minimum Gasteiger partial charge on any atom is -0.382 e. The van der Waals surface area contributed by atoms with E-state index in [9.17, 15) is 17.6 Å². The van der Waals surface area contributed by atoms with Gasteiger partial charge in [0.2, 0.25) is 0 Å². The Labute approximate surface area is 106 Å². The Balaban J connectivity index is 0.00000256. The maximum absolute atomic E-state index is 12.9. The minimum atomic E-state index is -4.85. The Bertz CT molecular complexity index is 386. The zero-order valence-corrected chi connectivity index (χ0v) is 9.78. The molecule has 3 N–H and O–H groups in total. The van der Waals surface area contributed by atoms with Crippen molar-refractivity contribution in [2.75, 3.05) is 0 Å². The van der Waals surface area contributed by atoms with E-state index in [1.165, 1.54) is 0 Å². The lowest BCUT2D eigenvalue weighted by molar-refractivity contribution is -0.210. The highest BCUT2D eigenvalue weighted by Crippen LogP contribution is 2.29. The number of alkyl halides is 3. The number of rotatable bonds is 2. The van der Waals surface area contributed by atoms with Gasteiger partial charge in [-0.2, -0.15) is 13.2 Å². The van der Waals surface area contributed by atoms with E-state index in [-0.39, 0.29) is 23.0 Å². The van der Waals surface area contributed by atoms with Gasteiger partial charge in [0.1, 0.15) is 5.82 Å². The molecule has 0 unspecified atom stereocenters. The number of aliphatic hydroxyl groups is 1. The summed E-state index contributed by atoms with van der Waals surface area (Å²) in [5, 5.41) is 8.64. The number of benzene rings is 1. The molecule has 0 radical (unpaired) electrons. The van der Waals surface area contributed by atoms with Crippen LogP contribution < -0.4 is 5.73 Å². The molecule has 0 aromatic heterocycles. The lowest BCUT2D eigenvalue weighted by Gasteiger charge is -2.21. The van der Waals surface area contributed by atoms with Gasteiger partial charge in [-0.05, 0) is 17.7 Å². The van der Waals surface area contributed by atoms with E-state index in [1.807, 2.05) is 0 Å². The van der Waals surface area contributed by atoms with Crippen LogP contribution in [0.1, 0.15) is 11.6 Å². The number of aliphatic hydroxyl groups excluding tert-OH is 1. The first kappa shape index (κ1) is 16.4.